The molecule has 8 heteroatoms. The summed E-state index contributed by atoms with van der Waals surface area (Å²) in [5.74, 6) is -1.15. The monoisotopic (exact) mass is 295 g/mol. The van der Waals surface area contributed by atoms with Crippen LogP contribution in [0.2, 0.25) is 5.02 Å². The Balaban J connectivity index is 2.12. The first-order valence-corrected chi connectivity index (χ1v) is 5.93. The molecule has 3 N–H and O–H groups in total. The lowest BCUT2D eigenvalue weighted by Crippen LogP contribution is -2.03. The standard InChI is InChI=1S/C12H8ClF2N5/c13-7-3-6(14)4-8(15)10(7)19-11-12-17-1-2-20(12)5-9(16)18-11/h1-5H,16H2,(H,18,19). The maximum Gasteiger partial charge on any atom is 0.180 e. The number of aromatic nitrogens is 3. The van der Waals surface area contributed by atoms with Crippen molar-refractivity contribution < 1.29 is 8.78 Å². The fourth-order valence-electron chi connectivity index (χ4n) is 1.81. The Morgan fingerprint density at radius 1 is 1.30 bits per heavy atom. The van der Waals surface area contributed by atoms with E-state index in [0.29, 0.717) is 5.65 Å². The molecule has 102 valence electrons. The molecule has 0 atom stereocenters. The SMILES string of the molecule is Nc1cn2ccnc2c(Nc2c(F)cc(F)cc2Cl)n1. The van der Waals surface area contributed by atoms with Gasteiger partial charge in [-0.25, -0.2) is 18.7 Å². The fraction of sp³-hybridized carbons (Fsp3) is 0. The highest BCUT2D eigenvalue weighted by atomic mass is 35.5. The first-order valence-electron chi connectivity index (χ1n) is 5.55. The number of benzene rings is 1. The van der Waals surface area contributed by atoms with E-state index in [9.17, 15) is 8.78 Å². The molecule has 20 heavy (non-hydrogen) atoms. The van der Waals surface area contributed by atoms with Crippen molar-refractivity contribution in [2.45, 2.75) is 0 Å². The van der Waals surface area contributed by atoms with E-state index in [1.807, 2.05) is 0 Å². The summed E-state index contributed by atoms with van der Waals surface area (Å²) in [6, 6.07) is 1.73. The van der Waals surface area contributed by atoms with Crippen molar-refractivity contribution in [1.82, 2.24) is 14.4 Å². The Labute approximate surface area is 117 Å². The molecule has 0 saturated carbocycles. The van der Waals surface area contributed by atoms with Crippen LogP contribution in [0, 0.1) is 11.6 Å². The highest BCUT2D eigenvalue weighted by Crippen LogP contribution is 2.30. The van der Waals surface area contributed by atoms with E-state index in [0.717, 1.165) is 12.1 Å². The first-order chi connectivity index (χ1) is 9.54. The van der Waals surface area contributed by atoms with E-state index in [2.05, 4.69) is 15.3 Å². The number of hydrogen-bond acceptors (Lipinski definition) is 4. The van der Waals surface area contributed by atoms with Gasteiger partial charge in [0.05, 0.1) is 16.9 Å². The number of nitrogens with two attached hydrogens (primary N) is 1. The second-order valence-corrected chi connectivity index (χ2v) is 4.45. The molecule has 0 aliphatic rings. The van der Waals surface area contributed by atoms with Gasteiger partial charge in [-0.2, -0.15) is 0 Å². The molecule has 0 fully saturated rings. The number of fused-ring (bicyclic) bond motifs is 1. The predicted octanol–water partition coefficient (Wildman–Crippen LogP) is 2.99. The summed E-state index contributed by atoms with van der Waals surface area (Å²) in [5.41, 5.74) is 6.01. The molecule has 0 unspecified atom stereocenters. The molecule has 5 nitrogen and oxygen atoms in total. The number of nitrogens with one attached hydrogen (secondary N) is 1. The largest absolute Gasteiger partial charge is 0.382 e. The summed E-state index contributed by atoms with van der Waals surface area (Å²) in [6.07, 6.45) is 4.78. The summed E-state index contributed by atoms with van der Waals surface area (Å²) < 4.78 is 28.4. The second kappa shape index (κ2) is 4.61. The molecular weight excluding hydrogens is 288 g/mol. The van der Waals surface area contributed by atoms with Gasteiger partial charge in [-0.05, 0) is 6.07 Å². The number of hydrogen-bond donors (Lipinski definition) is 2. The normalized spacial score (nSPS) is 10.9. The molecule has 0 radical (unpaired) electrons. The second-order valence-electron chi connectivity index (χ2n) is 4.04. The molecule has 0 amide bonds. The maximum absolute atomic E-state index is 13.8. The lowest BCUT2D eigenvalue weighted by atomic mass is 10.3. The van der Waals surface area contributed by atoms with Crippen molar-refractivity contribution in [2.75, 3.05) is 11.1 Å². The topological polar surface area (TPSA) is 68.2 Å². The molecule has 3 aromatic rings. The quantitative estimate of drug-likeness (QED) is 0.762. The summed E-state index contributed by atoms with van der Waals surface area (Å²) in [7, 11) is 0. The van der Waals surface area contributed by atoms with Gasteiger partial charge in [0.25, 0.3) is 0 Å². The zero-order valence-electron chi connectivity index (χ0n) is 9.94. The van der Waals surface area contributed by atoms with E-state index in [-0.39, 0.29) is 22.3 Å². The van der Waals surface area contributed by atoms with Crippen LogP contribution in [0.4, 0.5) is 26.1 Å². The van der Waals surface area contributed by atoms with Gasteiger partial charge in [0.1, 0.15) is 11.6 Å². The van der Waals surface area contributed by atoms with Gasteiger partial charge in [-0.15, -0.1) is 0 Å². The Hall–Kier alpha value is -2.41. The van der Waals surface area contributed by atoms with Crippen molar-refractivity contribution in [1.29, 1.82) is 0 Å². The van der Waals surface area contributed by atoms with E-state index >= 15 is 0 Å². The van der Waals surface area contributed by atoms with Gasteiger partial charge in [0.15, 0.2) is 17.3 Å². The van der Waals surface area contributed by atoms with E-state index in [1.54, 1.807) is 23.0 Å². The average molecular weight is 296 g/mol. The van der Waals surface area contributed by atoms with Crippen LogP contribution in [0.5, 0.6) is 0 Å². The third kappa shape index (κ3) is 2.12. The zero-order valence-corrected chi connectivity index (χ0v) is 10.7. The van der Waals surface area contributed by atoms with Gasteiger partial charge in [0.2, 0.25) is 0 Å². The molecule has 0 aliphatic heterocycles. The van der Waals surface area contributed by atoms with Crippen molar-refractivity contribution >= 4 is 34.6 Å². The molecule has 0 saturated heterocycles. The van der Waals surface area contributed by atoms with Crippen LogP contribution in [0.1, 0.15) is 0 Å². The van der Waals surface area contributed by atoms with Crippen LogP contribution >= 0.6 is 11.6 Å². The lowest BCUT2D eigenvalue weighted by molar-refractivity contribution is 0.586. The smallest absolute Gasteiger partial charge is 0.180 e. The van der Waals surface area contributed by atoms with Crippen LogP contribution in [0.15, 0.2) is 30.7 Å². The number of rotatable bonds is 2. The summed E-state index contributed by atoms with van der Waals surface area (Å²) in [4.78, 5) is 8.11. The average Bonchev–Trinajstić information content (AvgIpc) is 2.81. The summed E-state index contributed by atoms with van der Waals surface area (Å²) in [5, 5.41) is 2.59. The van der Waals surface area contributed by atoms with E-state index in [1.165, 1.54) is 0 Å². The van der Waals surface area contributed by atoms with Crippen LogP contribution < -0.4 is 11.1 Å². The number of nitrogen functional groups attached to an aromatic ring is 1. The summed E-state index contributed by atoms with van der Waals surface area (Å²) in [6.45, 7) is 0. The Morgan fingerprint density at radius 2 is 2.10 bits per heavy atom. The minimum Gasteiger partial charge on any atom is -0.382 e. The third-order valence-electron chi connectivity index (χ3n) is 2.64. The number of anilines is 3. The van der Waals surface area contributed by atoms with Gasteiger partial charge in [-0.3, -0.25) is 0 Å². The van der Waals surface area contributed by atoms with Gasteiger partial charge in [0, 0.05) is 18.5 Å². The Morgan fingerprint density at radius 3 is 2.85 bits per heavy atom. The van der Waals surface area contributed by atoms with Crippen LogP contribution in [-0.2, 0) is 0 Å². The number of halogens is 3. The van der Waals surface area contributed by atoms with E-state index in [4.69, 9.17) is 17.3 Å². The van der Waals surface area contributed by atoms with Gasteiger partial charge >= 0.3 is 0 Å². The van der Waals surface area contributed by atoms with Crippen molar-refractivity contribution in [2.24, 2.45) is 0 Å². The molecule has 0 spiro atoms. The zero-order chi connectivity index (χ0) is 14.3. The molecule has 0 aliphatic carbocycles. The van der Waals surface area contributed by atoms with Crippen LogP contribution in [0.25, 0.3) is 5.65 Å². The first kappa shape index (κ1) is 12.6. The van der Waals surface area contributed by atoms with Crippen LogP contribution in [-0.4, -0.2) is 14.4 Å². The van der Waals surface area contributed by atoms with Crippen molar-refractivity contribution in [3.63, 3.8) is 0 Å². The van der Waals surface area contributed by atoms with Crippen molar-refractivity contribution in [3.05, 3.63) is 47.4 Å². The Bertz CT molecular complexity index is 779. The third-order valence-corrected chi connectivity index (χ3v) is 2.94. The Kier molecular flexibility index (Phi) is 2.90. The highest BCUT2D eigenvalue weighted by Gasteiger charge is 2.13. The molecular formula is C12H8ClF2N5. The predicted molar refractivity (Wildman–Crippen MR) is 72.1 cm³/mol. The van der Waals surface area contributed by atoms with Gasteiger partial charge in [-0.1, -0.05) is 11.6 Å². The molecule has 0 bridgehead atoms. The van der Waals surface area contributed by atoms with Crippen LogP contribution in [0.3, 0.4) is 0 Å². The number of nitrogens with zero attached hydrogens (tertiary/aromatic N) is 3. The minimum absolute atomic E-state index is 0.0870. The molecule has 2 heterocycles. The maximum atomic E-state index is 13.8. The fourth-order valence-corrected chi connectivity index (χ4v) is 2.06. The highest BCUT2D eigenvalue weighted by molar-refractivity contribution is 6.33. The van der Waals surface area contributed by atoms with Crippen molar-refractivity contribution in [3.8, 4) is 0 Å². The molecule has 2 aromatic heterocycles. The van der Waals surface area contributed by atoms with E-state index < -0.39 is 11.6 Å². The number of imidazole rings is 1. The molecule has 3 rings (SSSR count). The van der Waals surface area contributed by atoms with Gasteiger partial charge < -0.3 is 15.5 Å². The minimum atomic E-state index is -0.830. The summed E-state index contributed by atoms with van der Waals surface area (Å²) >= 11 is 5.82. The lowest BCUT2D eigenvalue weighted by Gasteiger charge is -2.10. The molecule has 1 aromatic carbocycles.